The molecule has 0 atom stereocenters. The number of hydrogen-bond donors (Lipinski definition) is 2. The minimum Gasteiger partial charge on any atom is -0.493 e. The van der Waals surface area contributed by atoms with Crippen molar-refractivity contribution in [3.05, 3.63) is 42.0 Å². The Morgan fingerprint density at radius 2 is 1.88 bits per heavy atom. The molecule has 0 saturated heterocycles. The Bertz CT molecular complexity index is 850. The fraction of sp³-hybridized carbons (Fsp3) is 0.294. The molecule has 7 heteroatoms. The predicted octanol–water partition coefficient (Wildman–Crippen LogP) is 2.86. The molecule has 1 aliphatic heterocycles. The van der Waals surface area contributed by atoms with Crippen molar-refractivity contribution in [1.82, 2.24) is 0 Å². The Kier molecular flexibility index (Phi) is 4.53. The molecule has 3 rings (SSSR count). The van der Waals surface area contributed by atoms with Crippen LogP contribution in [0.4, 0.5) is 11.4 Å². The van der Waals surface area contributed by atoms with Gasteiger partial charge in [0.05, 0.1) is 25.6 Å². The molecule has 0 radical (unpaired) electrons. The van der Waals surface area contributed by atoms with E-state index in [0.717, 1.165) is 24.9 Å². The van der Waals surface area contributed by atoms with Crippen LogP contribution in [-0.2, 0) is 16.4 Å². The third-order valence-corrected chi connectivity index (χ3v) is 5.39. The van der Waals surface area contributed by atoms with E-state index < -0.39 is 10.0 Å². The van der Waals surface area contributed by atoms with E-state index in [-0.39, 0.29) is 4.90 Å². The fourth-order valence-corrected chi connectivity index (χ4v) is 4.09. The molecule has 6 nitrogen and oxygen atoms in total. The first-order valence-corrected chi connectivity index (χ1v) is 9.14. The molecule has 2 aromatic rings. The van der Waals surface area contributed by atoms with Crippen molar-refractivity contribution in [2.75, 3.05) is 30.8 Å². The first-order chi connectivity index (χ1) is 11.5. The quantitative estimate of drug-likeness (QED) is 0.869. The predicted molar refractivity (Wildman–Crippen MR) is 93.6 cm³/mol. The molecule has 0 bridgehead atoms. The summed E-state index contributed by atoms with van der Waals surface area (Å²) in [6, 6.07) is 10.2. The van der Waals surface area contributed by atoms with Gasteiger partial charge in [0.2, 0.25) is 0 Å². The van der Waals surface area contributed by atoms with Crippen LogP contribution in [0.25, 0.3) is 0 Å². The summed E-state index contributed by atoms with van der Waals surface area (Å²) in [5.74, 6) is 1.00. The Labute approximate surface area is 141 Å². The van der Waals surface area contributed by atoms with Crippen LogP contribution in [0.3, 0.4) is 0 Å². The lowest BCUT2D eigenvalue weighted by atomic mass is 10.0. The number of nitrogens with one attached hydrogen (secondary N) is 2. The maximum Gasteiger partial charge on any atom is 0.263 e. The molecule has 0 aromatic heterocycles. The number of benzene rings is 2. The molecule has 1 aliphatic rings. The third-order valence-electron chi connectivity index (χ3n) is 3.96. The number of fused-ring (bicyclic) bond motifs is 1. The number of anilines is 2. The Balaban J connectivity index is 1.95. The smallest absolute Gasteiger partial charge is 0.263 e. The number of ether oxygens (including phenoxy) is 2. The van der Waals surface area contributed by atoms with Crippen LogP contribution in [0, 0.1) is 0 Å². The van der Waals surface area contributed by atoms with Crippen molar-refractivity contribution >= 4 is 21.4 Å². The number of rotatable bonds is 5. The van der Waals surface area contributed by atoms with Crippen LogP contribution in [0.2, 0.25) is 0 Å². The van der Waals surface area contributed by atoms with Crippen molar-refractivity contribution in [2.24, 2.45) is 0 Å². The molecule has 0 aliphatic carbocycles. The van der Waals surface area contributed by atoms with Gasteiger partial charge < -0.3 is 14.8 Å². The molecule has 24 heavy (non-hydrogen) atoms. The highest BCUT2D eigenvalue weighted by molar-refractivity contribution is 7.92. The highest BCUT2D eigenvalue weighted by atomic mass is 32.2. The van der Waals surface area contributed by atoms with Crippen molar-refractivity contribution in [3.63, 3.8) is 0 Å². The first kappa shape index (κ1) is 16.4. The summed E-state index contributed by atoms with van der Waals surface area (Å²) in [7, 11) is -0.669. The third kappa shape index (κ3) is 3.12. The first-order valence-electron chi connectivity index (χ1n) is 7.66. The van der Waals surface area contributed by atoms with Crippen LogP contribution >= 0.6 is 0 Å². The van der Waals surface area contributed by atoms with E-state index >= 15 is 0 Å². The molecule has 0 fully saturated rings. The SMILES string of the molecule is COc1ccc(NS(=O)(=O)c2cccc3c2NCCC3)cc1OC. The topological polar surface area (TPSA) is 76.7 Å². The second-order valence-corrected chi connectivity index (χ2v) is 7.15. The van der Waals surface area contributed by atoms with Gasteiger partial charge in [-0.15, -0.1) is 0 Å². The lowest BCUT2D eigenvalue weighted by Gasteiger charge is -2.21. The molecule has 128 valence electrons. The highest BCUT2D eigenvalue weighted by Crippen LogP contribution is 2.33. The standard InChI is InChI=1S/C17H20N2O4S/c1-22-14-9-8-13(11-15(14)23-2)19-24(20,21)16-7-3-5-12-6-4-10-18-17(12)16/h3,5,7-9,11,18-19H,4,6,10H2,1-2H3. The summed E-state index contributed by atoms with van der Waals surface area (Å²) in [6.45, 7) is 0.774. The summed E-state index contributed by atoms with van der Waals surface area (Å²) in [6.07, 6.45) is 1.88. The highest BCUT2D eigenvalue weighted by Gasteiger charge is 2.23. The van der Waals surface area contributed by atoms with Crippen molar-refractivity contribution in [3.8, 4) is 11.5 Å². The van der Waals surface area contributed by atoms with Crippen molar-refractivity contribution in [1.29, 1.82) is 0 Å². The fourth-order valence-electron chi connectivity index (χ4n) is 2.81. The van der Waals surface area contributed by atoms with E-state index in [4.69, 9.17) is 9.47 Å². The summed E-state index contributed by atoms with van der Waals surface area (Å²) >= 11 is 0. The van der Waals surface area contributed by atoms with Gasteiger partial charge in [0, 0.05) is 12.6 Å². The van der Waals surface area contributed by atoms with E-state index in [1.54, 1.807) is 30.3 Å². The number of hydrogen-bond acceptors (Lipinski definition) is 5. The Morgan fingerprint density at radius 1 is 1.08 bits per heavy atom. The zero-order valence-electron chi connectivity index (χ0n) is 13.6. The van der Waals surface area contributed by atoms with E-state index in [1.807, 2.05) is 6.07 Å². The molecule has 0 spiro atoms. The van der Waals surface area contributed by atoms with Gasteiger partial charge in [0.15, 0.2) is 11.5 Å². The van der Waals surface area contributed by atoms with Gasteiger partial charge in [-0.3, -0.25) is 4.72 Å². The van der Waals surface area contributed by atoms with Gasteiger partial charge in [-0.05, 0) is 36.6 Å². The maximum absolute atomic E-state index is 12.8. The van der Waals surface area contributed by atoms with E-state index in [9.17, 15) is 8.42 Å². The van der Waals surface area contributed by atoms with E-state index in [2.05, 4.69) is 10.0 Å². The summed E-state index contributed by atoms with van der Waals surface area (Å²) in [5, 5.41) is 3.20. The molecule has 0 saturated carbocycles. The number of methoxy groups -OCH3 is 2. The van der Waals surface area contributed by atoms with E-state index in [1.165, 1.54) is 14.2 Å². The van der Waals surface area contributed by atoms with E-state index in [0.29, 0.717) is 22.9 Å². The Hall–Kier alpha value is -2.41. The number of sulfonamides is 1. The minimum atomic E-state index is -3.71. The number of aryl methyl sites for hydroxylation is 1. The normalized spacial score (nSPS) is 13.6. The molecular formula is C17H20N2O4S. The Morgan fingerprint density at radius 3 is 2.62 bits per heavy atom. The molecule has 2 aromatic carbocycles. The summed E-state index contributed by atoms with van der Waals surface area (Å²) in [4.78, 5) is 0.259. The minimum absolute atomic E-state index is 0.259. The van der Waals surface area contributed by atoms with Gasteiger partial charge in [0.1, 0.15) is 4.90 Å². The van der Waals surface area contributed by atoms with Crippen molar-refractivity contribution < 1.29 is 17.9 Å². The van der Waals surface area contributed by atoms with Crippen molar-refractivity contribution in [2.45, 2.75) is 17.7 Å². The molecule has 1 heterocycles. The average Bonchev–Trinajstić information content (AvgIpc) is 2.60. The summed E-state index contributed by atoms with van der Waals surface area (Å²) < 4.78 is 38.6. The molecular weight excluding hydrogens is 328 g/mol. The lowest BCUT2D eigenvalue weighted by Crippen LogP contribution is -2.19. The van der Waals surface area contributed by atoms with Gasteiger partial charge >= 0.3 is 0 Å². The van der Waals surface area contributed by atoms with Gasteiger partial charge in [-0.25, -0.2) is 8.42 Å². The van der Waals surface area contributed by atoms with Crippen LogP contribution in [0.15, 0.2) is 41.3 Å². The van der Waals surface area contributed by atoms with Gasteiger partial charge in [0.25, 0.3) is 10.0 Å². The van der Waals surface area contributed by atoms with Crippen LogP contribution < -0.4 is 19.5 Å². The van der Waals surface area contributed by atoms with Gasteiger partial charge in [-0.2, -0.15) is 0 Å². The zero-order chi connectivity index (χ0) is 17.2. The summed E-state index contributed by atoms with van der Waals surface area (Å²) in [5.41, 5.74) is 2.13. The monoisotopic (exact) mass is 348 g/mol. The van der Waals surface area contributed by atoms with Gasteiger partial charge in [-0.1, -0.05) is 12.1 Å². The van der Waals surface area contributed by atoms with Crippen LogP contribution in [0.5, 0.6) is 11.5 Å². The largest absolute Gasteiger partial charge is 0.493 e. The zero-order valence-corrected chi connectivity index (χ0v) is 14.4. The second-order valence-electron chi connectivity index (χ2n) is 5.50. The average molecular weight is 348 g/mol. The van der Waals surface area contributed by atoms with Crippen LogP contribution in [-0.4, -0.2) is 29.2 Å². The number of para-hydroxylation sites is 1. The lowest BCUT2D eigenvalue weighted by molar-refractivity contribution is 0.355. The molecule has 0 amide bonds. The molecule has 2 N–H and O–H groups in total. The van der Waals surface area contributed by atoms with Crippen LogP contribution in [0.1, 0.15) is 12.0 Å². The molecule has 0 unspecified atom stereocenters. The maximum atomic E-state index is 12.8. The second kappa shape index (κ2) is 6.60.